The van der Waals surface area contributed by atoms with Gasteiger partial charge in [0.2, 0.25) is 0 Å². The molecule has 0 N–H and O–H groups in total. The number of halogens is 1. The smallest absolute Gasteiger partial charge is 0.410 e. The van der Waals surface area contributed by atoms with Gasteiger partial charge >= 0.3 is 6.09 Å². The fourth-order valence-corrected chi connectivity index (χ4v) is 2.08. The van der Waals surface area contributed by atoms with E-state index in [4.69, 9.17) is 8.92 Å². The monoisotopic (exact) mass is 281 g/mol. The number of ether oxygens (including phenoxy) is 1. The minimum absolute atomic E-state index is 0.000705. The van der Waals surface area contributed by atoms with E-state index < -0.39 is 35.0 Å². The molecule has 1 aliphatic heterocycles. The van der Waals surface area contributed by atoms with Gasteiger partial charge in [0.1, 0.15) is 11.8 Å². The van der Waals surface area contributed by atoms with Crippen molar-refractivity contribution in [3.8, 4) is 0 Å². The molecule has 0 bridgehead atoms. The molecule has 18 heavy (non-hydrogen) atoms. The first-order valence-electron chi connectivity index (χ1n) is 5.79. The summed E-state index contributed by atoms with van der Waals surface area (Å²) < 4.78 is 34.3. The predicted molar refractivity (Wildman–Crippen MR) is 66.3 cm³/mol. The zero-order valence-corrected chi connectivity index (χ0v) is 12.0. The standard InChI is InChI=1S/C11H20FNO4S/c1-11(2,3)17-10(14)13-6-8(12)5-9(13)7-16-18(4)15/h8-9H,5-7H2,1-4H3/t8-,9+,18?/m0/s1. The Morgan fingerprint density at radius 1 is 1.50 bits per heavy atom. The summed E-state index contributed by atoms with van der Waals surface area (Å²) >= 11 is -1.42. The summed E-state index contributed by atoms with van der Waals surface area (Å²) in [7, 11) is 0. The Hall–Kier alpha value is -0.690. The molecular weight excluding hydrogens is 261 g/mol. The second-order valence-electron chi connectivity index (χ2n) is 5.31. The molecule has 0 aromatic heterocycles. The van der Waals surface area contributed by atoms with Gasteiger partial charge in [-0.2, -0.15) is 0 Å². The number of nitrogens with zero attached hydrogens (tertiary/aromatic N) is 1. The topological polar surface area (TPSA) is 55.8 Å². The quantitative estimate of drug-likeness (QED) is 0.789. The van der Waals surface area contributed by atoms with Gasteiger partial charge in [-0.1, -0.05) is 0 Å². The first-order chi connectivity index (χ1) is 8.19. The lowest BCUT2D eigenvalue weighted by atomic mass is 10.2. The average molecular weight is 281 g/mol. The van der Waals surface area contributed by atoms with E-state index in [1.807, 2.05) is 0 Å². The highest BCUT2D eigenvalue weighted by atomic mass is 32.2. The fraction of sp³-hybridized carbons (Fsp3) is 0.909. The number of hydrogen-bond acceptors (Lipinski definition) is 4. The number of carbonyl (C=O) groups excluding carboxylic acids is 1. The molecule has 7 heteroatoms. The highest BCUT2D eigenvalue weighted by molar-refractivity contribution is 7.79. The Morgan fingerprint density at radius 2 is 2.11 bits per heavy atom. The van der Waals surface area contributed by atoms with Crippen LogP contribution in [0.15, 0.2) is 0 Å². The maximum atomic E-state index is 13.4. The third-order valence-corrected chi connectivity index (χ3v) is 2.89. The molecule has 0 spiro atoms. The molecule has 0 saturated carbocycles. The molecule has 1 unspecified atom stereocenters. The summed E-state index contributed by atoms with van der Waals surface area (Å²) in [5.41, 5.74) is -0.621. The normalized spacial score (nSPS) is 26.2. The van der Waals surface area contributed by atoms with Crippen molar-refractivity contribution in [1.82, 2.24) is 4.90 Å². The Bertz CT molecular complexity index is 331. The van der Waals surface area contributed by atoms with Gasteiger partial charge in [-0.05, 0) is 20.8 Å². The number of hydrogen-bond donors (Lipinski definition) is 0. The third-order valence-electron chi connectivity index (χ3n) is 2.42. The molecule has 1 aliphatic rings. The van der Waals surface area contributed by atoms with Crippen LogP contribution in [0.4, 0.5) is 9.18 Å². The van der Waals surface area contributed by atoms with Gasteiger partial charge in [0.25, 0.3) is 0 Å². The highest BCUT2D eigenvalue weighted by Crippen LogP contribution is 2.23. The number of rotatable bonds is 3. The molecule has 5 nitrogen and oxygen atoms in total. The minimum Gasteiger partial charge on any atom is -0.444 e. The number of likely N-dealkylation sites (tertiary alicyclic amines) is 1. The van der Waals surface area contributed by atoms with Crippen LogP contribution in [-0.2, 0) is 20.0 Å². The van der Waals surface area contributed by atoms with Gasteiger partial charge in [-0.15, -0.1) is 0 Å². The SMILES string of the molecule is CS(=O)OC[C@H]1C[C@H](F)CN1C(=O)OC(C)(C)C. The van der Waals surface area contributed by atoms with E-state index >= 15 is 0 Å². The summed E-state index contributed by atoms with van der Waals surface area (Å²) in [6, 6.07) is -0.418. The maximum Gasteiger partial charge on any atom is 0.410 e. The van der Waals surface area contributed by atoms with Crippen molar-refractivity contribution in [2.45, 2.75) is 45.0 Å². The molecule has 1 heterocycles. The second-order valence-corrected chi connectivity index (χ2v) is 6.34. The number of alkyl halides is 1. The molecule has 0 aliphatic carbocycles. The van der Waals surface area contributed by atoms with Crippen LogP contribution < -0.4 is 0 Å². The van der Waals surface area contributed by atoms with E-state index in [0.29, 0.717) is 0 Å². The molecule has 1 amide bonds. The number of carbonyl (C=O) groups is 1. The second kappa shape index (κ2) is 5.97. The van der Waals surface area contributed by atoms with Crippen LogP contribution in [0.1, 0.15) is 27.2 Å². The molecule has 3 atom stereocenters. The van der Waals surface area contributed by atoms with Crippen LogP contribution in [0.5, 0.6) is 0 Å². The Labute approximate surface area is 109 Å². The molecule has 0 aromatic rings. The van der Waals surface area contributed by atoms with Crippen molar-refractivity contribution < 1.29 is 22.3 Å². The largest absolute Gasteiger partial charge is 0.444 e. The lowest BCUT2D eigenvalue weighted by molar-refractivity contribution is 0.0185. The summed E-state index contributed by atoms with van der Waals surface area (Å²) in [5.74, 6) is 0. The van der Waals surface area contributed by atoms with Crippen LogP contribution in [-0.4, -0.2) is 52.4 Å². The van der Waals surface area contributed by atoms with Crippen LogP contribution in [0.3, 0.4) is 0 Å². The summed E-state index contributed by atoms with van der Waals surface area (Å²) in [6.07, 6.45) is -0.0644. The van der Waals surface area contributed by atoms with Crippen LogP contribution in [0, 0.1) is 0 Å². The molecule has 1 saturated heterocycles. The van der Waals surface area contributed by atoms with Crippen LogP contribution >= 0.6 is 0 Å². The van der Waals surface area contributed by atoms with Gasteiger partial charge in [0.15, 0.2) is 11.1 Å². The van der Waals surface area contributed by atoms with E-state index in [0.717, 1.165) is 0 Å². The van der Waals surface area contributed by atoms with E-state index in [9.17, 15) is 13.4 Å². The van der Waals surface area contributed by atoms with Crippen LogP contribution in [0.25, 0.3) is 0 Å². The fourth-order valence-electron chi connectivity index (χ4n) is 1.74. The van der Waals surface area contributed by atoms with Crippen molar-refractivity contribution in [1.29, 1.82) is 0 Å². The summed E-state index contributed by atoms with van der Waals surface area (Å²) in [6.45, 7) is 5.31. The first kappa shape index (κ1) is 15.4. The van der Waals surface area contributed by atoms with Crippen molar-refractivity contribution >= 4 is 17.2 Å². The maximum absolute atomic E-state index is 13.4. The highest BCUT2D eigenvalue weighted by Gasteiger charge is 2.38. The average Bonchev–Trinajstić information content (AvgIpc) is 2.54. The van der Waals surface area contributed by atoms with Crippen molar-refractivity contribution in [3.05, 3.63) is 0 Å². The lowest BCUT2D eigenvalue weighted by Crippen LogP contribution is -2.42. The summed E-state index contributed by atoms with van der Waals surface area (Å²) in [5, 5.41) is 0. The van der Waals surface area contributed by atoms with E-state index in [-0.39, 0.29) is 19.6 Å². The number of amides is 1. The lowest BCUT2D eigenvalue weighted by Gasteiger charge is -2.27. The van der Waals surface area contributed by atoms with Crippen LogP contribution in [0.2, 0.25) is 0 Å². The predicted octanol–water partition coefficient (Wildman–Crippen LogP) is 1.64. The first-order valence-corrected chi connectivity index (χ1v) is 7.28. The Balaban J connectivity index is 2.60. The molecule has 1 fully saturated rings. The zero-order chi connectivity index (χ0) is 13.9. The molecular formula is C11H20FNO4S. The third kappa shape index (κ3) is 4.89. The molecule has 0 radical (unpaired) electrons. The van der Waals surface area contributed by atoms with E-state index in [2.05, 4.69) is 0 Å². The van der Waals surface area contributed by atoms with Gasteiger partial charge < -0.3 is 4.74 Å². The Morgan fingerprint density at radius 3 is 2.61 bits per heavy atom. The van der Waals surface area contributed by atoms with Gasteiger partial charge in [-0.25, -0.2) is 13.4 Å². The Kier molecular flexibility index (Phi) is 5.10. The van der Waals surface area contributed by atoms with Gasteiger partial charge in [0, 0.05) is 12.7 Å². The van der Waals surface area contributed by atoms with Crippen molar-refractivity contribution in [2.24, 2.45) is 0 Å². The zero-order valence-electron chi connectivity index (χ0n) is 11.1. The van der Waals surface area contributed by atoms with Crippen molar-refractivity contribution in [3.63, 3.8) is 0 Å². The minimum atomic E-state index is -1.42. The van der Waals surface area contributed by atoms with E-state index in [1.165, 1.54) is 11.2 Å². The molecule has 1 rings (SSSR count). The van der Waals surface area contributed by atoms with Crippen molar-refractivity contribution in [2.75, 3.05) is 19.4 Å². The van der Waals surface area contributed by atoms with Gasteiger partial charge in [0.05, 0.1) is 19.2 Å². The molecule has 106 valence electrons. The molecule has 0 aromatic carbocycles. The summed E-state index contributed by atoms with van der Waals surface area (Å²) in [4.78, 5) is 13.2. The van der Waals surface area contributed by atoms with E-state index in [1.54, 1.807) is 20.8 Å². The van der Waals surface area contributed by atoms with Gasteiger partial charge in [-0.3, -0.25) is 9.08 Å².